The summed E-state index contributed by atoms with van der Waals surface area (Å²) in [6.45, 7) is 2.37. The minimum atomic E-state index is -0.828. The second kappa shape index (κ2) is 7.91. The molecular weight excluding hydrogens is 410 g/mol. The van der Waals surface area contributed by atoms with Crippen LogP contribution in [0.3, 0.4) is 0 Å². The van der Waals surface area contributed by atoms with Crippen molar-refractivity contribution < 1.29 is 28.3 Å². The Bertz CT molecular complexity index is 1140. The number of nitrogens with zero attached hydrogens (tertiary/aromatic N) is 1. The van der Waals surface area contributed by atoms with Crippen molar-refractivity contribution in [3.05, 3.63) is 64.5 Å². The van der Waals surface area contributed by atoms with E-state index in [0.29, 0.717) is 34.0 Å². The summed E-state index contributed by atoms with van der Waals surface area (Å²) in [6, 6.07) is 7.25. The predicted molar refractivity (Wildman–Crippen MR) is 110 cm³/mol. The number of furan rings is 2. The van der Waals surface area contributed by atoms with Gasteiger partial charge in [-0.3, -0.25) is 9.59 Å². The number of ether oxygens (including phenoxy) is 1. The fourth-order valence-electron chi connectivity index (χ4n) is 3.67. The van der Waals surface area contributed by atoms with Gasteiger partial charge in [-0.25, -0.2) is 0 Å². The van der Waals surface area contributed by atoms with Crippen molar-refractivity contribution in [1.29, 1.82) is 0 Å². The number of hydrogen-bond donors (Lipinski definition) is 1. The molecule has 7 nitrogen and oxygen atoms in total. The molecule has 1 aliphatic rings. The Hall–Kier alpha value is -3.19. The third-order valence-corrected chi connectivity index (χ3v) is 5.32. The second-order valence-corrected chi connectivity index (χ2v) is 7.43. The number of carbonyl (C=O) groups is 2. The van der Waals surface area contributed by atoms with Crippen molar-refractivity contribution in [2.75, 3.05) is 13.7 Å². The maximum absolute atomic E-state index is 13.4. The van der Waals surface area contributed by atoms with E-state index in [0.717, 1.165) is 12.8 Å². The van der Waals surface area contributed by atoms with Gasteiger partial charge in [0, 0.05) is 23.0 Å². The van der Waals surface area contributed by atoms with Crippen molar-refractivity contribution in [3.8, 4) is 5.75 Å². The summed E-state index contributed by atoms with van der Waals surface area (Å²) >= 11 is 6.10. The Morgan fingerprint density at radius 3 is 2.80 bits per heavy atom. The van der Waals surface area contributed by atoms with Crippen LogP contribution >= 0.6 is 11.6 Å². The molecule has 1 atom stereocenters. The first-order valence-corrected chi connectivity index (χ1v) is 9.93. The zero-order chi connectivity index (χ0) is 21.4. The highest BCUT2D eigenvalue weighted by atomic mass is 35.5. The van der Waals surface area contributed by atoms with E-state index in [1.165, 1.54) is 24.3 Å². The molecule has 0 bridgehead atoms. The summed E-state index contributed by atoms with van der Waals surface area (Å²) in [6.07, 6.45) is 3.03. The summed E-state index contributed by atoms with van der Waals surface area (Å²) < 4.78 is 16.5. The van der Waals surface area contributed by atoms with E-state index in [1.807, 2.05) is 6.92 Å². The normalized spacial score (nSPS) is 16.7. The average Bonchev–Trinajstić information content (AvgIpc) is 3.45. The van der Waals surface area contributed by atoms with Crippen molar-refractivity contribution in [1.82, 2.24) is 4.90 Å². The van der Waals surface area contributed by atoms with Crippen LogP contribution in [-0.2, 0) is 4.79 Å². The topological polar surface area (TPSA) is 93.1 Å². The first-order chi connectivity index (χ1) is 14.5. The average molecular weight is 430 g/mol. The molecule has 1 unspecified atom stereocenters. The zero-order valence-electron chi connectivity index (χ0n) is 16.5. The standard InChI is InChI=1S/C22H20ClNO6/c1-3-4-7-24-18(14-6-5-8-29-14)17(20(26)22(24)27)19(25)15-10-12-9-13(23)11-16(28-2)21(12)30-15/h5-6,8-11,18,26H,3-4,7H2,1-2H3. The highest BCUT2D eigenvalue weighted by molar-refractivity contribution is 6.31. The SMILES string of the molecule is CCCCN1C(=O)C(O)=C(C(=O)c2cc3cc(Cl)cc(OC)c3o2)C1c1ccco1. The number of Topliss-reactive ketones (excluding diaryl/α,β-unsaturated/α-hetero) is 1. The highest BCUT2D eigenvalue weighted by Gasteiger charge is 2.45. The molecule has 3 aromatic rings. The van der Waals surface area contributed by atoms with Crippen LogP contribution in [0.2, 0.25) is 5.02 Å². The molecular formula is C22H20ClNO6. The van der Waals surface area contributed by atoms with Crippen molar-refractivity contribution in [2.45, 2.75) is 25.8 Å². The van der Waals surface area contributed by atoms with Crippen molar-refractivity contribution in [2.24, 2.45) is 0 Å². The lowest BCUT2D eigenvalue weighted by Crippen LogP contribution is -2.31. The van der Waals surface area contributed by atoms with Gasteiger partial charge in [0.2, 0.25) is 5.78 Å². The van der Waals surface area contributed by atoms with Gasteiger partial charge in [0.15, 0.2) is 22.9 Å². The van der Waals surface area contributed by atoms with E-state index < -0.39 is 23.5 Å². The molecule has 1 amide bonds. The summed E-state index contributed by atoms with van der Waals surface area (Å²) in [4.78, 5) is 27.6. The number of ketones is 1. The van der Waals surface area contributed by atoms with Gasteiger partial charge < -0.3 is 23.6 Å². The smallest absolute Gasteiger partial charge is 0.290 e. The Morgan fingerprint density at radius 2 is 2.13 bits per heavy atom. The molecule has 2 aromatic heterocycles. The van der Waals surface area contributed by atoms with Crippen molar-refractivity contribution in [3.63, 3.8) is 0 Å². The monoisotopic (exact) mass is 429 g/mol. The van der Waals surface area contributed by atoms with Gasteiger partial charge in [-0.15, -0.1) is 0 Å². The Labute approximate surface area is 177 Å². The second-order valence-electron chi connectivity index (χ2n) is 7.00. The number of methoxy groups -OCH3 is 1. The van der Waals surface area contributed by atoms with Gasteiger partial charge in [-0.2, -0.15) is 0 Å². The van der Waals surface area contributed by atoms with E-state index in [1.54, 1.807) is 24.3 Å². The number of carbonyl (C=O) groups excluding carboxylic acids is 2. The van der Waals surface area contributed by atoms with E-state index in [4.69, 9.17) is 25.2 Å². The molecule has 1 N–H and O–H groups in total. The van der Waals surface area contributed by atoms with Crippen LogP contribution < -0.4 is 4.74 Å². The number of amides is 1. The van der Waals surface area contributed by atoms with E-state index >= 15 is 0 Å². The number of benzene rings is 1. The van der Waals surface area contributed by atoms with E-state index in [9.17, 15) is 14.7 Å². The van der Waals surface area contributed by atoms with Crippen LogP contribution in [0.1, 0.15) is 42.1 Å². The molecule has 8 heteroatoms. The van der Waals surface area contributed by atoms with Gasteiger partial charge in [0.05, 0.1) is 18.9 Å². The number of hydrogen-bond acceptors (Lipinski definition) is 6. The molecule has 0 saturated heterocycles. The van der Waals surface area contributed by atoms with Crippen molar-refractivity contribution >= 4 is 34.3 Å². The lowest BCUT2D eigenvalue weighted by atomic mass is 9.99. The minimum Gasteiger partial charge on any atom is -0.503 e. The molecule has 1 aromatic carbocycles. The van der Waals surface area contributed by atoms with Gasteiger partial charge in [-0.05, 0) is 30.7 Å². The first kappa shape index (κ1) is 20.1. The number of aliphatic hydroxyl groups excluding tert-OH is 1. The van der Waals surface area contributed by atoms with Crippen LogP contribution in [0, 0.1) is 0 Å². The molecule has 156 valence electrons. The summed E-state index contributed by atoms with van der Waals surface area (Å²) in [5, 5.41) is 11.6. The molecule has 0 fully saturated rings. The Balaban J connectivity index is 1.80. The summed E-state index contributed by atoms with van der Waals surface area (Å²) in [5.74, 6) is -1.06. The predicted octanol–water partition coefficient (Wildman–Crippen LogP) is 5.07. The fraction of sp³-hybridized carbons (Fsp3) is 0.273. The fourth-order valence-corrected chi connectivity index (χ4v) is 3.89. The number of rotatable bonds is 7. The Kier molecular flexibility index (Phi) is 5.30. The van der Waals surface area contributed by atoms with Crippen LogP contribution in [0.15, 0.2) is 56.8 Å². The summed E-state index contributed by atoms with van der Waals surface area (Å²) in [5.41, 5.74) is 0.280. The molecule has 4 rings (SSSR count). The van der Waals surface area contributed by atoms with Crippen LogP contribution in [0.25, 0.3) is 11.0 Å². The third-order valence-electron chi connectivity index (χ3n) is 5.10. The van der Waals surface area contributed by atoms with Gasteiger partial charge in [-0.1, -0.05) is 24.9 Å². The maximum Gasteiger partial charge on any atom is 0.290 e. The number of halogens is 1. The lowest BCUT2D eigenvalue weighted by molar-refractivity contribution is -0.129. The molecule has 0 saturated carbocycles. The highest BCUT2D eigenvalue weighted by Crippen LogP contribution is 2.41. The minimum absolute atomic E-state index is 0.0335. The first-order valence-electron chi connectivity index (χ1n) is 9.55. The van der Waals surface area contributed by atoms with E-state index in [-0.39, 0.29) is 11.3 Å². The van der Waals surface area contributed by atoms with Gasteiger partial charge >= 0.3 is 0 Å². The molecule has 0 aliphatic carbocycles. The zero-order valence-corrected chi connectivity index (χ0v) is 17.2. The van der Waals surface area contributed by atoms with Gasteiger partial charge in [0.25, 0.3) is 5.91 Å². The lowest BCUT2D eigenvalue weighted by Gasteiger charge is -2.24. The third kappa shape index (κ3) is 3.25. The van der Waals surface area contributed by atoms with Crippen LogP contribution in [0.4, 0.5) is 0 Å². The van der Waals surface area contributed by atoms with Gasteiger partial charge in [0.1, 0.15) is 11.8 Å². The molecule has 1 aliphatic heterocycles. The molecule has 30 heavy (non-hydrogen) atoms. The summed E-state index contributed by atoms with van der Waals surface area (Å²) in [7, 11) is 1.47. The molecule has 0 spiro atoms. The number of unbranched alkanes of at least 4 members (excludes halogenated alkanes) is 1. The maximum atomic E-state index is 13.4. The van der Waals surface area contributed by atoms with E-state index in [2.05, 4.69) is 0 Å². The van der Waals surface area contributed by atoms with Crippen LogP contribution in [-0.4, -0.2) is 35.4 Å². The molecule has 3 heterocycles. The quantitative estimate of drug-likeness (QED) is 0.527. The number of fused-ring (bicyclic) bond motifs is 1. The Morgan fingerprint density at radius 1 is 1.33 bits per heavy atom. The largest absolute Gasteiger partial charge is 0.503 e. The molecule has 0 radical (unpaired) electrons. The number of aliphatic hydroxyl groups is 1. The van der Waals surface area contributed by atoms with Crippen LogP contribution in [0.5, 0.6) is 5.75 Å².